The molecule has 228 valence electrons. The van der Waals surface area contributed by atoms with Crippen molar-refractivity contribution in [1.82, 2.24) is 15.2 Å². The summed E-state index contributed by atoms with van der Waals surface area (Å²) in [5.74, 6) is -1.74. The number of hydrogen-bond donors (Lipinski definition) is 4. The molecule has 0 radical (unpaired) electrons. The third kappa shape index (κ3) is 8.49. The van der Waals surface area contributed by atoms with E-state index in [0.29, 0.717) is 40.1 Å². The summed E-state index contributed by atoms with van der Waals surface area (Å²) in [6.45, 7) is 1.98. The summed E-state index contributed by atoms with van der Waals surface area (Å²) in [6, 6.07) is 17.7. The Bertz CT molecular complexity index is 1490. The monoisotopic (exact) mass is 599 g/mol. The van der Waals surface area contributed by atoms with Crippen LogP contribution in [0.25, 0.3) is 0 Å². The number of amides is 1. The van der Waals surface area contributed by atoms with Crippen molar-refractivity contribution in [2.45, 2.75) is 18.6 Å². The number of likely N-dealkylation sites (N-methyl/N-ethyl adjacent to an activating group) is 1. The van der Waals surface area contributed by atoms with Gasteiger partial charge >= 0.3 is 12.1 Å². The van der Waals surface area contributed by atoms with Crippen LogP contribution >= 0.6 is 0 Å². The average Bonchev–Trinajstić information content (AvgIpc) is 3.48. The Hall–Kier alpha value is -5.03. The third-order valence-corrected chi connectivity index (χ3v) is 6.64. The van der Waals surface area contributed by atoms with Gasteiger partial charge < -0.3 is 35.6 Å². The number of nitriles is 1. The Morgan fingerprint density at radius 1 is 1.12 bits per heavy atom. The number of carboxylic acid groups (broad SMARTS) is 1. The molecule has 1 aliphatic heterocycles. The van der Waals surface area contributed by atoms with Crippen LogP contribution in [0, 0.1) is 11.3 Å². The second-order valence-corrected chi connectivity index (χ2v) is 9.64. The van der Waals surface area contributed by atoms with Gasteiger partial charge in [-0.15, -0.1) is 0 Å². The summed E-state index contributed by atoms with van der Waals surface area (Å²) < 4.78 is 37.4. The van der Waals surface area contributed by atoms with Crippen LogP contribution < -0.4 is 25.6 Å². The van der Waals surface area contributed by atoms with Gasteiger partial charge in [0.1, 0.15) is 17.6 Å². The van der Waals surface area contributed by atoms with Crippen LogP contribution in [-0.2, 0) is 4.79 Å². The summed E-state index contributed by atoms with van der Waals surface area (Å²) in [5.41, 5.74) is 3.84. The van der Waals surface area contributed by atoms with Crippen LogP contribution in [0.1, 0.15) is 22.3 Å². The van der Waals surface area contributed by atoms with Gasteiger partial charge in [0.25, 0.3) is 5.91 Å². The number of carbonyl (C=O) groups is 2. The molecule has 1 fully saturated rings. The van der Waals surface area contributed by atoms with Gasteiger partial charge in [-0.25, -0.2) is 9.78 Å². The van der Waals surface area contributed by atoms with Crippen LogP contribution in [0.5, 0.6) is 5.75 Å². The van der Waals surface area contributed by atoms with E-state index in [1.807, 2.05) is 18.2 Å². The molecule has 0 saturated carbocycles. The van der Waals surface area contributed by atoms with Gasteiger partial charge in [-0.05, 0) is 44.8 Å². The molecule has 43 heavy (non-hydrogen) atoms. The van der Waals surface area contributed by atoms with Crippen molar-refractivity contribution < 1.29 is 32.6 Å². The largest absolute Gasteiger partial charge is 0.494 e. The highest BCUT2D eigenvalue weighted by Crippen LogP contribution is 2.34. The molecule has 2 heterocycles. The summed E-state index contributed by atoms with van der Waals surface area (Å²) in [5, 5.41) is 25.9. The fourth-order valence-corrected chi connectivity index (χ4v) is 4.30. The molecule has 14 heteroatoms. The van der Waals surface area contributed by atoms with E-state index < -0.39 is 12.1 Å². The van der Waals surface area contributed by atoms with E-state index in [0.717, 1.165) is 30.9 Å². The number of aliphatic carboxylic acids is 1. The van der Waals surface area contributed by atoms with Crippen molar-refractivity contribution in [3.63, 3.8) is 0 Å². The van der Waals surface area contributed by atoms with Crippen molar-refractivity contribution in [1.29, 1.82) is 5.26 Å². The average molecular weight is 600 g/mol. The number of alkyl halides is 3. The second kappa shape index (κ2) is 14.2. The number of carboxylic acids is 1. The number of halogens is 3. The number of methoxy groups -OCH3 is 1. The molecule has 1 unspecified atom stereocenters. The number of nitrogens with zero attached hydrogens (tertiary/aromatic N) is 4. The minimum Gasteiger partial charge on any atom is -0.494 e. The van der Waals surface area contributed by atoms with Crippen LogP contribution in [-0.4, -0.2) is 80.4 Å². The maximum atomic E-state index is 12.3. The summed E-state index contributed by atoms with van der Waals surface area (Å²) >= 11 is 0. The number of hydrogen-bond acceptors (Lipinski definition) is 9. The van der Waals surface area contributed by atoms with Gasteiger partial charge in [-0.3, -0.25) is 4.79 Å². The Morgan fingerprint density at radius 3 is 2.40 bits per heavy atom. The molecule has 0 bridgehead atoms. The first-order valence-corrected chi connectivity index (χ1v) is 13.0. The van der Waals surface area contributed by atoms with E-state index in [1.165, 1.54) is 6.20 Å². The highest BCUT2D eigenvalue weighted by Gasteiger charge is 2.38. The van der Waals surface area contributed by atoms with Crippen LogP contribution in [0.15, 0.2) is 54.7 Å². The standard InChI is InChI=1S/C27H31N7O2.C2HF3O2/c1-29-27(35)21-7-5-6-8-22(21)31-24-14-26(30-16-18(24)15-28)32-23-10-9-19(13-25(23)36-4)34-12-11-20(17-34)33(2)3;3-2(4,5)1(6)7/h5-10,13-14,16,20H,11-12,17H2,1-4H3,(H,29,35)(H2,30,31,32);(H,6,7). The van der Waals surface area contributed by atoms with Crippen molar-refractivity contribution in [3.05, 3.63) is 65.9 Å². The molecule has 3 aromatic rings. The first kappa shape index (κ1) is 32.5. The molecule has 2 aromatic carbocycles. The molecule has 0 spiro atoms. The SMILES string of the molecule is CNC(=O)c1ccccc1Nc1cc(Nc2ccc(N3CCC(N(C)C)C3)cc2OC)ncc1C#N.O=C(O)C(F)(F)F. The maximum Gasteiger partial charge on any atom is 0.490 e. The van der Waals surface area contributed by atoms with E-state index in [4.69, 9.17) is 14.6 Å². The van der Waals surface area contributed by atoms with Crippen LogP contribution in [0.2, 0.25) is 0 Å². The number of anilines is 5. The zero-order valence-electron chi connectivity index (χ0n) is 24.0. The van der Waals surface area contributed by atoms with Crippen molar-refractivity contribution >= 4 is 40.4 Å². The topological polar surface area (TPSA) is 143 Å². The van der Waals surface area contributed by atoms with E-state index in [1.54, 1.807) is 38.4 Å². The van der Waals surface area contributed by atoms with Crippen molar-refractivity contribution in [2.75, 3.05) is 56.9 Å². The number of ether oxygens (including phenoxy) is 1. The molecule has 4 N–H and O–H groups in total. The zero-order chi connectivity index (χ0) is 31.7. The van der Waals surface area contributed by atoms with Gasteiger partial charge in [-0.2, -0.15) is 18.4 Å². The molecule has 1 amide bonds. The lowest BCUT2D eigenvalue weighted by Crippen LogP contribution is -2.31. The number of aromatic nitrogens is 1. The van der Waals surface area contributed by atoms with E-state index in [2.05, 4.69) is 57.0 Å². The Kier molecular flexibility index (Phi) is 10.8. The highest BCUT2D eigenvalue weighted by molar-refractivity contribution is 6.00. The molecule has 4 rings (SSSR count). The Balaban J connectivity index is 0.000000646. The minimum absolute atomic E-state index is 0.219. The third-order valence-electron chi connectivity index (χ3n) is 6.64. The first-order chi connectivity index (χ1) is 20.4. The zero-order valence-corrected chi connectivity index (χ0v) is 24.0. The van der Waals surface area contributed by atoms with Gasteiger partial charge in [0, 0.05) is 50.2 Å². The van der Waals surface area contributed by atoms with Crippen molar-refractivity contribution in [2.24, 2.45) is 0 Å². The fraction of sp³-hybridized carbons (Fsp3) is 0.310. The lowest BCUT2D eigenvalue weighted by molar-refractivity contribution is -0.192. The van der Waals surface area contributed by atoms with Crippen LogP contribution in [0.3, 0.4) is 0 Å². The number of pyridine rings is 1. The molecule has 1 atom stereocenters. The predicted molar refractivity (Wildman–Crippen MR) is 156 cm³/mol. The van der Waals surface area contributed by atoms with E-state index in [-0.39, 0.29) is 5.91 Å². The lowest BCUT2D eigenvalue weighted by atomic mass is 10.1. The first-order valence-electron chi connectivity index (χ1n) is 13.0. The molecule has 1 aromatic heterocycles. The van der Waals surface area contributed by atoms with Gasteiger partial charge in [-0.1, -0.05) is 12.1 Å². The molecule has 11 nitrogen and oxygen atoms in total. The number of rotatable bonds is 8. The maximum absolute atomic E-state index is 12.3. The predicted octanol–water partition coefficient (Wildman–Crippen LogP) is 4.58. The smallest absolute Gasteiger partial charge is 0.490 e. The normalized spacial score (nSPS) is 14.3. The van der Waals surface area contributed by atoms with Gasteiger partial charge in [0.2, 0.25) is 0 Å². The number of carbonyl (C=O) groups excluding carboxylic acids is 1. The number of para-hydroxylation sites is 1. The van der Waals surface area contributed by atoms with Gasteiger partial charge in [0.05, 0.1) is 35.3 Å². The van der Waals surface area contributed by atoms with Gasteiger partial charge in [0.15, 0.2) is 0 Å². The van der Waals surface area contributed by atoms with Crippen LogP contribution in [0.4, 0.5) is 41.7 Å². The second-order valence-electron chi connectivity index (χ2n) is 9.64. The van der Waals surface area contributed by atoms with E-state index >= 15 is 0 Å². The summed E-state index contributed by atoms with van der Waals surface area (Å²) in [4.78, 5) is 30.2. The number of benzene rings is 2. The molecular weight excluding hydrogens is 567 g/mol. The highest BCUT2D eigenvalue weighted by atomic mass is 19.4. The lowest BCUT2D eigenvalue weighted by Gasteiger charge is -2.23. The number of nitrogens with one attached hydrogen (secondary N) is 3. The molecule has 1 saturated heterocycles. The minimum atomic E-state index is -5.08. The quantitative estimate of drug-likeness (QED) is 0.291. The fourth-order valence-electron chi connectivity index (χ4n) is 4.30. The summed E-state index contributed by atoms with van der Waals surface area (Å²) in [6.07, 6.45) is -2.46. The molecular formula is C29H32F3N7O4. The van der Waals surface area contributed by atoms with Crippen molar-refractivity contribution in [3.8, 4) is 11.8 Å². The molecule has 1 aliphatic rings. The van der Waals surface area contributed by atoms with E-state index in [9.17, 15) is 23.2 Å². The summed E-state index contributed by atoms with van der Waals surface area (Å²) in [7, 11) is 7.46. The Morgan fingerprint density at radius 2 is 1.81 bits per heavy atom. The Labute approximate surface area is 246 Å². The molecule has 0 aliphatic carbocycles.